The molecule has 0 amide bonds. The van der Waals surface area contributed by atoms with Crippen LogP contribution in [0, 0.1) is 43.4 Å². The van der Waals surface area contributed by atoms with Crippen molar-refractivity contribution < 1.29 is 9.21 Å². The summed E-state index contributed by atoms with van der Waals surface area (Å²) in [6.07, 6.45) is 1.59. The van der Waals surface area contributed by atoms with E-state index < -0.39 is 0 Å². The Kier molecular flexibility index (Phi) is 4.81. The number of carbonyl (C=O) groups excluding carboxylic acids is 1. The number of nitrogens with zero attached hydrogens (tertiary/aromatic N) is 4. The molecule has 0 atom stereocenters. The second kappa shape index (κ2) is 7.72. The summed E-state index contributed by atoms with van der Waals surface area (Å²) < 4.78 is 7.99. The van der Waals surface area contributed by atoms with Gasteiger partial charge >= 0.3 is 0 Å². The van der Waals surface area contributed by atoms with Gasteiger partial charge in [0.1, 0.15) is 34.8 Å². The summed E-state index contributed by atoms with van der Waals surface area (Å²) >= 11 is 0. The maximum atomic E-state index is 13.1. The molecule has 6 nitrogen and oxygen atoms in total. The third kappa shape index (κ3) is 3.09. The van der Waals surface area contributed by atoms with E-state index in [0.717, 1.165) is 28.0 Å². The molecule has 0 saturated carbocycles. The Hall–Kier alpha value is -4.68. The summed E-state index contributed by atoms with van der Waals surface area (Å²) in [4.78, 5) is 17.9. The monoisotopic (exact) mass is 444 g/mol. The van der Waals surface area contributed by atoms with Crippen molar-refractivity contribution in [1.29, 1.82) is 10.5 Å². The van der Waals surface area contributed by atoms with Gasteiger partial charge in [0.05, 0.1) is 0 Å². The fraction of sp³-hybridized carbons (Fsp3) is 0.143. The molecule has 2 aromatic heterocycles. The van der Waals surface area contributed by atoms with Crippen LogP contribution in [-0.2, 0) is 7.05 Å². The molecular weight excluding hydrogens is 424 g/mol. The molecule has 2 aromatic carbocycles. The summed E-state index contributed by atoms with van der Waals surface area (Å²) in [5.41, 5.74) is 7.34. The van der Waals surface area contributed by atoms with Gasteiger partial charge in [0.2, 0.25) is 5.71 Å². The van der Waals surface area contributed by atoms with Crippen molar-refractivity contribution in [3.63, 3.8) is 0 Å². The zero-order chi connectivity index (χ0) is 24.1. The van der Waals surface area contributed by atoms with Crippen LogP contribution in [0.2, 0.25) is 0 Å². The predicted octanol–water partition coefficient (Wildman–Crippen LogP) is 5.84. The van der Waals surface area contributed by atoms with E-state index in [1.165, 1.54) is 5.56 Å². The number of Topliss-reactive ketones (excluding diaryl/α,β-unsaturated/α-hetero) is 1. The van der Waals surface area contributed by atoms with Crippen molar-refractivity contribution in [3.05, 3.63) is 87.2 Å². The predicted molar refractivity (Wildman–Crippen MR) is 130 cm³/mol. The Morgan fingerprint density at radius 3 is 2.29 bits per heavy atom. The van der Waals surface area contributed by atoms with E-state index in [9.17, 15) is 15.3 Å². The number of ketones is 1. The number of hydrogen-bond acceptors (Lipinski definition) is 5. The Labute approximate surface area is 196 Å². The number of hydrogen-bond donors (Lipinski definition) is 0. The van der Waals surface area contributed by atoms with Crippen molar-refractivity contribution in [2.24, 2.45) is 7.05 Å². The van der Waals surface area contributed by atoms with Crippen molar-refractivity contribution in [2.75, 3.05) is 0 Å². The number of rotatable bonds is 2. The van der Waals surface area contributed by atoms with Crippen LogP contribution < -0.4 is 0 Å². The third-order valence-corrected chi connectivity index (χ3v) is 6.21. The highest BCUT2D eigenvalue weighted by molar-refractivity contribution is 6.29. The van der Waals surface area contributed by atoms with Gasteiger partial charge in [-0.25, -0.2) is 0 Å². The molecule has 1 aliphatic carbocycles. The van der Waals surface area contributed by atoms with Crippen LogP contribution in [0.4, 0.5) is 0 Å². The zero-order valence-corrected chi connectivity index (χ0v) is 19.2. The fourth-order valence-corrected chi connectivity index (χ4v) is 4.81. The summed E-state index contributed by atoms with van der Waals surface area (Å²) in [5, 5.41) is 19.0. The molecule has 0 saturated heterocycles. The summed E-state index contributed by atoms with van der Waals surface area (Å²) in [6, 6.07) is 16.9. The smallest absolute Gasteiger partial charge is 0.245 e. The third-order valence-electron chi connectivity index (χ3n) is 6.21. The first kappa shape index (κ1) is 21.2. The van der Waals surface area contributed by atoms with E-state index in [1.54, 1.807) is 30.3 Å². The van der Waals surface area contributed by atoms with E-state index in [0.29, 0.717) is 28.2 Å². The van der Waals surface area contributed by atoms with E-state index in [4.69, 9.17) is 9.40 Å². The van der Waals surface area contributed by atoms with Gasteiger partial charge in [-0.05, 0) is 43.5 Å². The van der Waals surface area contributed by atoms with Gasteiger partial charge in [-0.1, -0.05) is 42.0 Å². The highest BCUT2D eigenvalue weighted by Crippen LogP contribution is 2.40. The molecule has 0 fully saturated rings. The minimum Gasteiger partial charge on any atom is -0.437 e. The molecule has 6 heteroatoms. The van der Waals surface area contributed by atoms with Crippen molar-refractivity contribution in [2.45, 2.75) is 20.8 Å². The van der Waals surface area contributed by atoms with E-state index >= 15 is 0 Å². The van der Waals surface area contributed by atoms with E-state index in [-0.39, 0.29) is 16.9 Å². The number of carbonyl (C=O) groups is 1. The molecule has 5 rings (SSSR count). The van der Waals surface area contributed by atoms with Gasteiger partial charge in [-0.2, -0.15) is 15.5 Å². The molecule has 0 bridgehead atoms. The maximum Gasteiger partial charge on any atom is 0.245 e. The first-order valence-electron chi connectivity index (χ1n) is 10.8. The van der Waals surface area contributed by atoms with Crippen LogP contribution in [-0.4, -0.2) is 15.3 Å². The Morgan fingerprint density at radius 2 is 1.68 bits per heavy atom. The summed E-state index contributed by atoms with van der Waals surface area (Å²) in [7, 11) is 1.93. The molecule has 164 valence electrons. The lowest BCUT2D eigenvalue weighted by molar-refractivity contribution is 0.104. The van der Waals surface area contributed by atoms with Gasteiger partial charge in [0.25, 0.3) is 0 Å². The molecule has 0 spiro atoms. The first-order chi connectivity index (χ1) is 16.3. The molecule has 1 aliphatic rings. The highest BCUT2D eigenvalue weighted by Gasteiger charge is 2.32. The molecule has 2 heterocycles. The lowest BCUT2D eigenvalue weighted by Gasteiger charge is -2.11. The van der Waals surface area contributed by atoms with Crippen LogP contribution in [0.3, 0.4) is 0 Å². The van der Waals surface area contributed by atoms with Crippen LogP contribution in [0.1, 0.15) is 38.4 Å². The quantitative estimate of drug-likeness (QED) is 0.286. The molecule has 0 radical (unpaired) electrons. The van der Waals surface area contributed by atoms with Crippen LogP contribution >= 0.6 is 0 Å². The number of nitriles is 2. The summed E-state index contributed by atoms with van der Waals surface area (Å²) in [5.74, 6) is 0.999. The Bertz CT molecular complexity index is 1640. The zero-order valence-electron chi connectivity index (χ0n) is 19.2. The fourth-order valence-electron chi connectivity index (χ4n) is 4.81. The number of fused-ring (bicyclic) bond motifs is 2. The Morgan fingerprint density at radius 1 is 1.03 bits per heavy atom. The number of aryl methyl sites for hydroxylation is 4. The molecule has 4 aromatic rings. The average Bonchev–Trinajstić information content (AvgIpc) is 3.42. The molecule has 0 unspecified atom stereocenters. The second-order valence-electron chi connectivity index (χ2n) is 8.51. The number of furan rings is 1. The minimum absolute atomic E-state index is 0.105. The highest BCUT2D eigenvalue weighted by atomic mass is 16.3. The lowest BCUT2D eigenvalue weighted by Crippen LogP contribution is -1.98. The van der Waals surface area contributed by atoms with Crippen molar-refractivity contribution in [1.82, 2.24) is 9.55 Å². The van der Waals surface area contributed by atoms with Crippen LogP contribution in [0.5, 0.6) is 0 Å². The average molecular weight is 444 g/mol. The van der Waals surface area contributed by atoms with E-state index in [1.807, 2.05) is 29.8 Å². The number of imidazole rings is 1. The molecular formula is C28H20N4O2. The summed E-state index contributed by atoms with van der Waals surface area (Å²) in [6.45, 7) is 6.21. The van der Waals surface area contributed by atoms with Crippen molar-refractivity contribution in [3.8, 4) is 23.5 Å². The number of benzene rings is 2. The first-order valence-corrected chi connectivity index (χ1v) is 10.8. The Balaban J connectivity index is 1.65. The molecule has 34 heavy (non-hydrogen) atoms. The normalized spacial score (nSPS) is 13.9. The van der Waals surface area contributed by atoms with Crippen molar-refractivity contribution >= 4 is 28.7 Å². The molecule has 0 N–H and O–H groups in total. The maximum absolute atomic E-state index is 13.1. The molecule has 0 aliphatic heterocycles. The van der Waals surface area contributed by atoms with Crippen LogP contribution in [0.15, 0.2) is 58.0 Å². The standard InChI is InChI=1S/C28H20N4O2/c1-15-9-16(2)24(17(3)10-15)27-31-28-23(32(27)4)12-19(34-28)11-22-25(18(13-29)14-30)20-7-5-6-8-21(20)26(22)33/h5-12H,1-4H3/b22-11-. The largest absolute Gasteiger partial charge is 0.437 e. The van der Waals surface area contributed by atoms with E-state index in [2.05, 4.69) is 32.9 Å². The number of allylic oxidation sites excluding steroid dienone is 3. The van der Waals surface area contributed by atoms with Gasteiger partial charge in [0.15, 0.2) is 5.78 Å². The minimum atomic E-state index is -0.242. The topological polar surface area (TPSA) is 95.6 Å². The van der Waals surface area contributed by atoms with Gasteiger partial charge in [-0.3, -0.25) is 4.79 Å². The number of aromatic nitrogens is 2. The second-order valence-corrected chi connectivity index (χ2v) is 8.51. The van der Waals surface area contributed by atoms with Gasteiger partial charge < -0.3 is 8.98 Å². The lowest BCUT2D eigenvalue weighted by atomic mass is 9.99. The SMILES string of the molecule is Cc1cc(C)c(-c2nc3oc(/C=C4\C(=O)c5ccccc5C4=C(C#N)C#N)cc3n2C)c(C)c1. The van der Waals surface area contributed by atoms with Crippen LogP contribution in [0.25, 0.3) is 34.3 Å². The van der Waals surface area contributed by atoms with Gasteiger partial charge in [0, 0.05) is 35.4 Å². The van der Waals surface area contributed by atoms with Gasteiger partial charge in [-0.15, -0.1) is 0 Å².